The maximum absolute atomic E-state index is 3.62. The molecule has 0 saturated heterocycles. The van der Waals surface area contributed by atoms with Gasteiger partial charge in [0.1, 0.15) is 0 Å². The van der Waals surface area contributed by atoms with Crippen molar-refractivity contribution in [3.63, 3.8) is 0 Å². The Balaban J connectivity index is 2.93. The van der Waals surface area contributed by atoms with Crippen LogP contribution in [0.15, 0.2) is 24.8 Å². The van der Waals surface area contributed by atoms with Crippen LogP contribution >= 0.6 is 0 Å². The highest BCUT2D eigenvalue weighted by atomic mass is 14.7. The van der Waals surface area contributed by atoms with Crippen LogP contribution in [0.25, 0.3) is 6.08 Å². The van der Waals surface area contributed by atoms with E-state index in [9.17, 15) is 0 Å². The van der Waals surface area contributed by atoms with E-state index in [1.54, 1.807) is 6.08 Å². The molecular weight excluding hydrogens is 134 g/mol. The van der Waals surface area contributed by atoms with Gasteiger partial charge in [0.05, 0.1) is 0 Å². The number of aromatic amines is 1. The molecule has 0 atom stereocenters. The highest BCUT2D eigenvalue weighted by molar-refractivity contribution is 5.54. The lowest BCUT2D eigenvalue weighted by Gasteiger charge is -1.86. The molecule has 1 rings (SSSR count). The minimum atomic E-state index is 1.20. The summed E-state index contributed by atoms with van der Waals surface area (Å²) in [6.07, 6.45) is 5.77. The summed E-state index contributed by atoms with van der Waals surface area (Å²) >= 11 is 0. The minimum absolute atomic E-state index is 1.20. The average Bonchev–Trinajstić information content (AvgIpc) is 2.26. The minimum Gasteiger partial charge on any atom is -0.362 e. The van der Waals surface area contributed by atoms with E-state index < -0.39 is 0 Å². The smallest absolute Gasteiger partial charge is 0.0191 e. The molecule has 0 unspecified atom stereocenters. The van der Waals surface area contributed by atoms with Crippen molar-refractivity contribution in [3.8, 4) is 0 Å². The number of nitrogens with one attached hydrogen (secondary N) is 1. The van der Waals surface area contributed by atoms with Gasteiger partial charge in [-0.25, -0.2) is 0 Å². The molecule has 0 fully saturated rings. The van der Waals surface area contributed by atoms with Crippen molar-refractivity contribution in [2.24, 2.45) is 0 Å². The van der Waals surface area contributed by atoms with Crippen LogP contribution in [0.4, 0.5) is 0 Å². The molecule has 1 heteroatoms. The molecule has 1 N–H and O–H groups in total. The van der Waals surface area contributed by atoms with E-state index in [1.807, 2.05) is 12.2 Å². The van der Waals surface area contributed by atoms with Crippen LogP contribution in [0.1, 0.15) is 17.0 Å². The highest BCUT2D eigenvalue weighted by Crippen LogP contribution is 2.10. The molecule has 0 amide bonds. The number of aromatic nitrogens is 1. The molecule has 0 aliphatic carbocycles. The van der Waals surface area contributed by atoms with Gasteiger partial charge in [0.2, 0.25) is 0 Å². The zero-order valence-corrected chi connectivity index (χ0v) is 7.02. The summed E-state index contributed by atoms with van der Waals surface area (Å²) in [5, 5.41) is 0. The number of rotatable bonds is 2. The van der Waals surface area contributed by atoms with Crippen LogP contribution in [0.5, 0.6) is 0 Å². The molecule has 0 saturated carbocycles. The van der Waals surface area contributed by atoms with Gasteiger partial charge in [0.15, 0.2) is 0 Å². The molecule has 0 aliphatic rings. The molecule has 1 aromatic heterocycles. The Labute approximate surface area is 67.5 Å². The van der Waals surface area contributed by atoms with Gasteiger partial charge in [0, 0.05) is 11.4 Å². The fraction of sp³-hybridized carbons (Fsp3) is 0.200. The lowest BCUT2D eigenvalue weighted by atomic mass is 10.2. The molecule has 1 aromatic rings. The third kappa shape index (κ3) is 1.84. The van der Waals surface area contributed by atoms with Gasteiger partial charge in [-0.15, -0.1) is 0 Å². The highest BCUT2D eigenvalue weighted by Gasteiger charge is 1.95. The quantitative estimate of drug-likeness (QED) is 0.619. The van der Waals surface area contributed by atoms with Crippen LogP contribution in [0.2, 0.25) is 0 Å². The summed E-state index contributed by atoms with van der Waals surface area (Å²) < 4.78 is 0. The molecular formula is C10H13N. The summed E-state index contributed by atoms with van der Waals surface area (Å²) in [4.78, 5) is 3.23. The predicted molar refractivity (Wildman–Crippen MR) is 49.5 cm³/mol. The molecule has 1 heterocycles. The number of hydrogen-bond acceptors (Lipinski definition) is 0. The van der Waals surface area contributed by atoms with Crippen molar-refractivity contribution < 1.29 is 0 Å². The Morgan fingerprint density at radius 2 is 2.18 bits per heavy atom. The molecule has 58 valence electrons. The van der Waals surface area contributed by atoms with Gasteiger partial charge in [-0.05, 0) is 25.5 Å². The van der Waals surface area contributed by atoms with Crippen LogP contribution in [-0.2, 0) is 0 Å². The topological polar surface area (TPSA) is 15.8 Å². The van der Waals surface area contributed by atoms with Crippen molar-refractivity contribution in [3.05, 3.63) is 41.7 Å². The average molecular weight is 147 g/mol. The second-order valence-corrected chi connectivity index (χ2v) is 2.63. The van der Waals surface area contributed by atoms with E-state index in [1.165, 1.54) is 17.0 Å². The Morgan fingerprint density at radius 1 is 1.45 bits per heavy atom. The summed E-state index contributed by atoms with van der Waals surface area (Å²) in [6, 6.07) is 2.12. The monoisotopic (exact) mass is 147 g/mol. The molecule has 11 heavy (non-hydrogen) atoms. The van der Waals surface area contributed by atoms with E-state index in [4.69, 9.17) is 0 Å². The van der Waals surface area contributed by atoms with E-state index >= 15 is 0 Å². The standard InChI is InChI=1S/C10H13N/c1-4-5-6-10-7-8(2)11-9(10)3/h4-7,11H,1H2,2-3H3/b6-5-. The van der Waals surface area contributed by atoms with Gasteiger partial charge in [-0.2, -0.15) is 0 Å². The third-order valence-electron chi connectivity index (χ3n) is 1.60. The van der Waals surface area contributed by atoms with Crippen LogP contribution in [-0.4, -0.2) is 4.98 Å². The summed E-state index contributed by atoms with van der Waals surface area (Å²) in [5.74, 6) is 0. The van der Waals surface area contributed by atoms with E-state index in [2.05, 4.69) is 31.5 Å². The largest absolute Gasteiger partial charge is 0.362 e. The van der Waals surface area contributed by atoms with Gasteiger partial charge >= 0.3 is 0 Å². The lowest BCUT2D eigenvalue weighted by Crippen LogP contribution is -1.72. The van der Waals surface area contributed by atoms with Crippen molar-refractivity contribution in [1.29, 1.82) is 0 Å². The van der Waals surface area contributed by atoms with Crippen LogP contribution in [0.3, 0.4) is 0 Å². The zero-order valence-electron chi connectivity index (χ0n) is 7.02. The van der Waals surface area contributed by atoms with Crippen molar-refractivity contribution in [2.45, 2.75) is 13.8 Å². The van der Waals surface area contributed by atoms with Crippen LogP contribution < -0.4 is 0 Å². The molecule has 0 bridgehead atoms. The number of aryl methyl sites for hydroxylation is 2. The predicted octanol–water partition coefficient (Wildman–Crippen LogP) is 2.83. The van der Waals surface area contributed by atoms with E-state index in [0.717, 1.165) is 0 Å². The van der Waals surface area contributed by atoms with Crippen molar-refractivity contribution >= 4 is 6.08 Å². The SMILES string of the molecule is C=C/C=C\c1cc(C)[nH]c1C. The first kappa shape index (κ1) is 7.86. The molecule has 0 radical (unpaired) electrons. The first-order valence-corrected chi connectivity index (χ1v) is 3.69. The van der Waals surface area contributed by atoms with Crippen molar-refractivity contribution in [2.75, 3.05) is 0 Å². The Hall–Kier alpha value is -1.24. The Morgan fingerprint density at radius 3 is 2.64 bits per heavy atom. The van der Waals surface area contributed by atoms with Gasteiger partial charge in [0.25, 0.3) is 0 Å². The zero-order chi connectivity index (χ0) is 8.27. The van der Waals surface area contributed by atoms with E-state index in [0.29, 0.717) is 0 Å². The summed E-state index contributed by atoms with van der Waals surface area (Å²) in [7, 11) is 0. The van der Waals surface area contributed by atoms with Gasteiger partial charge in [-0.1, -0.05) is 24.8 Å². The molecule has 1 nitrogen and oxygen atoms in total. The Bertz CT molecular complexity index is 279. The summed E-state index contributed by atoms with van der Waals surface area (Å²) in [6.45, 7) is 7.73. The lowest BCUT2D eigenvalue weighted by molar-refractivity contribution is 1.19. The maximum atomic E-state index is 3.62. The molecule has 0 spiro atoms. The second kappa shape index (κ2) is 3.24. The summed E-state index contributed by atoms with van der Waals surface area (Å²) in [5.41, 5.74) is 3.65. The maximum Gasteiger partial charge on any atom is 0.0191 e. The first-order valence-electron chi connectivity index (χ1n) is 3.69. The number of hydrogen-bond donors (Lipinski definition) is 1. The fourth-order valence-electron chi connectivity index (χ4n) is 1.09. The molecule has 0 aromatic carbocycles. The third-order valence-corrected chi connectivity index (χ3v) is 1.60. The second-order valence-electron chi connectivity index (χ2n) is 2.63. The van der Waals surface area contributed by atoms with Gasteiger partial charge in [-0.3, -0.25) is 0 Å². The molecule has 0 aliphatic heterocycles. The van der Waals surface area contributed by atoms with Crippen molar-refractivity contribution in [1.82, 2.24) is 4.98 Å². The normalized spacial score (nSPS) is 10.7. The number of allylic oxidation sites excluding steroid dienone is 2. The van der Waals surface area contributed by atoms with E-state index in [-0.39, 0.29) is 0 Å². The fourth-order valence-corrected chi connectivity index (χ4v) is 1.09. The van der Waals surface area contributed by atoms with Gasteiger partial charge < -0.3 is 4.98 Å². The Kier molecular flexibility index (Phi) is 2.32. The number of H-pyrrole nitrogens is 1. The van der Waals surface area contributed by atoms with Crippen LogP contribution in [0, 0.1) is 13.8 Å². The first-order chi connectivity index (χ1) is 5.24.